The maximum Gasteiger partial charge on any atom is 0.339 e. The zero-order valence-corrected chi connectivity index (χ0v) is 20.0. The van der Waals surface area contributed by atoms with E-state index in [0.717, 1.165) is 62.5 Å². The van der Waals surface area contributed by atoms with Crippen LogP contribution in [0.2, 0.25) is 0 Å². The Balaban J connectivity index is 2.92. The number of esters is 2. The van der Waals surface area contributed by atoms with Crippen LogP contribution in [-0.4, -0.2) is 25.2 Å². The second kappa shape index (κ2) is 14.2. The van der Waals surface area contributed by atoms with Crippen LogP contribution in [0.5, 0.6) is 0 Å². The fourth-order valence-electron chi connectivity index (χ4n) is 3.58. The molecule has 2 unspecified atom stereocenters. The third-order valence-electron chi connectivity index (χ3n) is 6.15. The molecule has 0 spiro atoms. The van der Waals surface area contributed by atoms with Crippen LogP contribution in [0.1, 0.15) is 111 Å². The fraction of sp³-hybridized carbons (Fsp3) is 0.692. The van der Waals surface area contributed by atoms with Gasteiger partial charge in [-0.05, 0) is 55.7 Å². The minimum Gasteiger partial charge on any atom is -0.462 e. The fourth-order valence-corrected chi connectivity index (χ4v) is 3.58. The van der Waals surface area contributed by atoms with Gasteiger partial charge in [0.15, 0.2) is 0 Å². The van der Waals surface area contributed by atoms with E-state index in [0.29, 0.717) is 36.2 Å². The molecule has 0 aliphatic rings. The molecule has 0 aromatic heterocycles. The lowest BCUT2D eigenvalue weighted by atomic mass is 9.97. The molecule has 4 heteroatoms. The molecule has 0 aliphatic carbocycles. The van der Waals surface area contributed by atoms with E-state index in [1.165, 1.54) is 0 Å². The summed E-state index contributed by atoms with van der Waals surface area (Å²) in [6, 6.07) is 3.57. The van der Waals surface area contributed by atoms with Gasteiger partial charge in [0, 0.05) is 0 Å². The highest BCUT2D eigenvalue weighted by atomic mass is 16.5. The van der Waals surface area contributed by atoms with Crippen molar-refractivity contribution in [3.05, 3.63) is 34.4 Å². The van der Waals surface area contributed by atoms with E-state index in [4.69, 9.17) is 9.47 Å². The third-order valence-corrected chi connectivity index (χ3v) is 6.15. The summed E-state index contributed by atoms with van der Waals surface area (Å²) >= 11 is 0. The van der Waals surface area contributed by atoms with Gasteiger partial charge in [-0.25, -0.2) is 9.59 Å². The summed E-state index contributed by atoms with van der Waals surface area (Å²) in [6.45, 7) is 13.2. The van der Waals surface area contributed by atoms with E-state index in [1.54, 1.807) is 6.07 Å². The summed E-state index contributed by atoms with van der Waals surface area (Å²) in [5, 5.41) is 0. The second-order valence-electron chi connectivity index (χ2n) is 8.46. The van der Waals surface area contributed by atoms with Crippen molar-refractivity contribution in [2.24, 2.45) is 11.8 Å². The van der Waals surface area contributed by atoms with Gasteiger partial charge >= 0.3 is 11.9 Å². The van der Waals surface area contributed by atoms with Gasteiger partial charge in [0.05, 0.1) is 24.3 Å². The highest BCUT2D eigenvalue weighted by molar-refractivity contribution is 6.04. The van der Waals surface area contributed by atoms with E-state index < -0.39 is 11.9 Å². The van der Waals surface area contributed by atoms with Crippen LogP contribution in [0.3, 0.4) is 0 Å². The van der Waals surface area contributed by atoms with Gasteiger partial charge in [0.25, 0.3) is 0 Å². The molecule has 0 amide bonds. The minimum atomic E-state index is -0.432. The number of unbranched alkanes of at least 4 members (excludes halogenated alkanes) is 2. The molecule has 0 radical (unpaired) electrons. The average molecular weight is 419 g/mol. The summed E-state index contributed by atoms with van der Waals surface area (Å²) in [5.41, 5.74) is 2.42. The van der Waals surface area contributed by atoms with Gasteiger partial charge in [0.1, 0.15) is 0 Å². The molecule has 0 heterocycles. The van der Waals surface area contributed by atoms with Crippen molar-refractivity contribution in [1.82, 2.24) is 0 Å². The van der Waals surface area contributed by atoms with Gasteiger partial charge in [-0.15, -0.1) is 0 Å². The zero-order valence-electron chi connectivity index (χ0n) is 20.0. The second-order valence-corrected chi connectivity index (χ2v) is 8.46. The first-order valence-corrected chi connectivity index (χ1v) is 11.8. The van der Waals surface area contributed by atoms with E-state index in [2.05, 4.69) is 27.7 Å². The Labute approximate surface area is 183 Å². The van der Waals surface area contributed by atoms with Gasteiger partial charge in [-0.1, -0.05) is 72.3 Å². The predicted molar refractivity (Wildman–Crippen MR) is 123 cm³/mol. The summed E-state index contributed by atoms with van der Waals surface area (Å²) in [7, 11) is 0. The molecule has 1 rings (SSSR count). The molecular formula is C26H42O4. The van der Waals surface area contributed by atoms with Crippen LogP contribution >= 0.6 is 0 Å². The minimum absolute atomic E-state index is 0.315. The quantitative estimate of drug-likeness (QED) is 0.304. The molecule has 0 saturated carbocycles. The molecule has 30 heavy (non-hydrogen) atoms. The molecule has 0 fully saturated rings. The number of rotatable bonds is 14. The largest absolute Gasteiger partial charge is 0.462 e. The summed E-state index contributed by atoms with van der Waals surface area (Å²) < 4.78 is 11.3. The highest BCUT2D eigenvalue weighted by Crippen LogP contribution is 2.23. The average Bonchev–Trinajstić information content (AvgIpc) is 2.75. The number of benzene rings is 1. The van der Waals surface area contributed by atoms with Crippen molar-refractivity contribution in [1.29, 1.82) is 0 Å². The number of hydrogen-bond acceptors (Lipinski definition) is 4. The van der Waals surface area contributed by atoms with Crippen LogP contribution in [0.15, 0.2) is 12.1 Å². The molecule has 0 aliphatic heterocycles. The monoisotopic (exact) mass is 418 g/mol. The number of aryl methyl sites for hydroxylation is 1. The van der Waals surface area contributed by atoms with Gasteiger partial charge < -0.3 is 9.47 Å². The van der Waals surface area contributed by atoms with E-state index >= 15 is 0 Å². The van der Waals surface area contributed by atoms with E-state index in [1.807, 2.05) is 19.9 Å². The Morgan fingerprint density at radius 3 is 1.77 bits per heavy atom. The lowest BCUT2D eigenvalue weighted by Crippen LogP contribution is -2.20. The number of carbonyl (C=O) groups is 2. The topological polar surface area (TPSA) is 52.6 Å². The highest BCUT2D eigenvalue weighted by Gasteiger charge is 2.24. The third kappa shape index (κ3) is 8.12. The maximum absolute atomic E-state index is 12.9. The Kier molecular flexibility index (Phi) is 12.4. The molecule has 4 nitrogen and oxygen atoms in total. The molecule has 0 bridgehead atoms. The normalized spacial score (nSPS) is 13.0. The Bertz CT molecular complexity index is 665. The van der Waals surface area contributed by atoms with Crippen molar-refractivity contribution < 1.29 is 19.1 Å². The summed E-state index contributed by atoms with van der Waals surface area (Å²) in [5.74, 6) is -0.132. The maximum atomic E-state index is 12.9. The molecule has 0 N–H and O–H groups in total. The molecule has 1 aromatic carbocycles. The van der Waals surface area contributed by atoms with Crippen molar-refractivity contribution in [3.63, 3.8) is 0 Å². The van der Waals surface area contributed by atoms with Crippen molar-refractivity contribution in [3.8, 4) is 0 Å². The molecule has 1 aromatic rings. The van der Waals surface area contributed by atoms with Crippen LogP contribution < -0.4 is 0 Å². The Morgan fingerprint density at radius 1 is 0.800 bits per heavy atom. The molecule has 170 valence electrons. The predicted octanol–water partition coefficient (Wildman–Crippen LogP) is 7.05. The Hall–Kier alpha value is -1.84. The summed E-state index contributed by atoms with van der Waals surface area (Å²) in [4.78, 5) is 25.8. The molecule has 0 saturated heterocycles. The standard InChI is InChI=1S/C26H42O4/c1-7-11-13-21(9-3)17-29-25(27)23-16-15-19(5)20(6)24(23)26(28)30-18-22(10-4)14-12-8-2/h15-16,21-22H,7-14,17-18H2,1-6H3. The van der Waals surface area contributed by atoms with Gasteiger partial charge in [0.2, 0.25) is 0 Å². The number of carbonyl (C=O) groups excluding carboxylic acids is 2. The lowest BCUT2D eigenvalue weighted by Gasteiger charge is -2.18. The van der Waals surface area contributed by atoms with Crippen LogP contribution in [0.25, 0.3) is 0 Å². The zero-order chi connectivity index (χ0) is 22.5. The van der Waals surface area contributed by atoms with Crippen molar-refractivity contribution >= 4 is 11.9 Å². The SMILES string of the molecule is CCCCC(CC)COC(=O)c1ccc(C)c(C)c1C(=O)OCC(CC)CCCC. The summed E-state index contributed by atoms with van der Waals surface area (Å²) in [6.07, 6.45) is 8.59. The smallest absolute Gasteiger partial charge is 0.339 e. The lowest BCUT2D eigenvalue weighted by molar-refractivity contribution is 0.0380. The molecule has 2 atom stereocenters. The number of hydrogen-bond donors (Lipinski definition) is 0. The molecular weight excluding hydrogens is 376 g/mol. The number of ether oxygens (including phenoxy) is 2. The van der Waals surface area contributed by atoms with Crippen LogP contribution in [0, 0.1) is 25.7 Å². The van der Waals surface area contributed by atoms with E-state index in [9.17, 15) is 9.59 Å². The first-order valence-electron chi connectivity index (χ1n) is 11.8. The van der Waals surface area contributed by atoms with Crippen molar-refractivity contribution in [2.45, 2.75) is 92.9 Å². The van der Waals surface area contributed by atoms with Gasteiger partial charge in [-0.2, -0.15) is 0 Å². The Morgan fingerprint density at radius 2 is 1.30 bits per heavy atom. The van der Waals surface area contributed by atoms with Crippen LogP contribution in [0.4, 0.5) is 0 Å². The van der Waals surface area contributed by atoms with Gasteiger partial charge in [-0.3, -0.25) is 0 Å². The van der Waals surface area contributed by atoms with E-state index in [-0.39, 0.29) is 0 Å². The van der Waals surface area contributed by atoms with Crippen molar-refractivity contribution in [2.75, 3.05) is 13.2 Å². The van der Waals surface area contributed by atoms with Crippen LogP contribution in [-0.2, 0) is 9.47 Å². The first kappa shape index (κ1) is 26.2. The first-order chi connectivity index (χ1) is 14.4.